The van der Waals surface area contributed by atoms with E-state index in [-0.39, 0.29) is 30.8 Å². The fourth-order valence-electron chi connectivity index (χ4n) is 1.95. The van der Waals surface area contributed by atoms with Crippen molar-refractivity contribution in [3.8, 4) is 0 Å². The van der Waals surface area contributed by atoms with Crippen LogP contribution in [0, 0.1) is 11.6 Å². The summed E-state index contributed by atoms with van der Waals surface area (Å²) in [7, 11) is 0. The lowest BCUT2D eigenvalue weighted by Crippen LogP contribution is -2.32. The first-order chi connectivity index (χ1) is 8.06. The van der Waals surface area contributed by atoms with Crippen LogP contribution >= 0.6 is 12.4 Å². The topological polar surface area (TPSA) is 46.3 Å². The fourth-order valence-corrected chi connectivity index (χ4v) is 1.95. The molecule has 1 unspecified atom stereocenters. The van der Waals surface area contributed by atoms with Crippen LogP contribution < -0.4 is 5.73 Å². The summed E-state index contributed by atoms with van der Waals surface area (Å²) >= 11 is 0. The summed E-state index contributed by atoms with van der Waals surface area (Å²) in [5, 5.41) is 0. The molecule has 1 aliphatic rings. The number of halogens is 3. The van der Waals surface area contributed by atoms with Gasteiger partial charge < -0.3 is 10.6 Å². The Morgan fingerprint density at radius 3 is 2.67 bits per heavy atom. The highest BCUT2D eigenvalue weighted by Gasteiger charge is 2.23. The van der Waals surface area contributed by atoms with Crippen molar-refractivity contribution in [1.82, 2.24) is 4.90 Å². The monoisotopic (exact) mass is 276 g/mol. The van der Waals surface area contributed by atoms with Gasteiger partial charge in [0.1, 0.15) is 0 Å². The van der Waals surface area contributed by atoms with Crippen molar-refractivity contribution in [3.63, 3.8) is 0 Å². The van der Waals surface area contributed by atoms with Crippen molar-refractivity contribution in [2.24, 2.45) is 5.73 Å². The molecule has 0 spiro atoms. The van der Waals surface area contributed by atoms with E-state index in [9.17, 15) is 13.6 Å². The molecule has 1 saturated heterocycles. The molecule has 1 heterocycles. The summed E-state index contributed by atoms with van der Waals surface area (Å²) in [5.74, 6) is -1.92. The summed E-state index contributed by atoms with van der Waals surface area (Å²) in [6.07, 6.45) is 0.882. The second-order valence-corrected chi connectivity index (χ2v) is 4.31. The molecule has 2 N–H and O–H groups in total. The van der Waals surface area contributed by atoms with Gasteiger partial charge in [0.25, 0.3) is 0 Å². The minimum Gasteiger partial charge on any atom is -0.341 e. The van der Waals surface area contributed by atoms with Gasteiger partial charge in [0.15, 0.2) is 11.6 Å². The second kappa shape index (κ2) is 6.11. The molecule has 1 aliphatic heterocycles. The van der Waals surface area contributed by atoms with E-state index in [2.05, 4.69) is 0 Å². The SMILES string of the molecule is Cl.NC1CCN(C(=O)Cc2ccc(F)c(F)c2)C1. The molecule has 1 atom stereocenters. The van der Waals surface area contributed by atoms with Crippen LogP contribution in [0.1, 0.15) is 12.0 Å². The number of benzene rings is 1. The number of nitrogens with two attached hydrogens (primary N) is 1. The Morgan fingerprint density at radius 1 is 1.39 bits per heavy atom. The summed E-state index contributed by atoms with van der Waals surface area (Å²) in [6, 6.07) is 3.55. The van der Waals surface area contributed by atoms with E-state index in [0.717, 1.165) is 18.6 Å². The van der Waals surface area contributed by atoms with Gasteiger partial charge in [0.05, 0.1) is 6.42 Å². The van der Waals surface area contributed by atoms with Crippen molar-refractivity contribution in [2.45, 2.75) is 18.9 Å². The first-order valence-corrected chi connectivity index (χ1v) is 5.53. The van der Waals surface area contributed by atoms with Crippen molar-refractivity contribution in [3.05, 3.63) is 35.4 Å². The maximum Gasteiger partial charge on any atom is 0.227 e. The lowest BCUT2D eigenvalue weighted by molar-refractivity contribution is -0.129. The predicted molar refractivity (Wildman–Crippen MR) is 66.5 cm³/mol. The molecular formula is C12H15ClF2N2O. The van der Waals surface area contributed by atoms with E-state index in [1.54, 1.807) is 4.90 Å². The van der Waals surface area contributed by atoms with E-state index in [1.807, 2.05) is 0 Å². The maximum absolute atomic E-state index is 12.9. The zero-order chi connectivity index (χ0) is 12.4. The fraction of sp³-hybridized carbons (Fsp3) is 0.417. The second-order valence-electron chi connectivity index (χ2n) is 4.31. The molecule has 0 radical (unpaired) electrons. The van der Waals surface area contributed by atoms with E-state index in [1.165, 1.54) is 6.07 Å². The number of hydrogen-bond donors (Lipinski definition) is 1. The molecule has 1 aromatic carbocycles. The van der Waals surface area contributed by atoms with Crippen LogP contribution in [0.4, 0.5) is 8.78 Å². The lowest BCUT2D eigenvalue weighted by atomic mass is 10.1. The first-order valence-electron chi connectivity index (χ1n) is 5.53. The molecule has 0 saturated carbocycles. The third-order valence-corrected chi connectivity index (χ3v) is 2.92. The minimum atomic E-state index is -0.923. The molecular weight excluding hydrogens is 262 g/mol. The van der Waals surface area contributed by atoms with Gasteiger partial charge in [-0.15, -0.1) is 12.4 Å². The molecule has 6 heteroatoms. The van der Waals surface area contributed by atoms with Crippen molar-refractivity contribution < 1.29 is 13.6 Å². The maximum atomic E-state index is 12.9. The predicted octanol–water partition coefficient (Wildman–Crippen LogP) is 1.49. The standard InChI is InChI=1S/C12H14F2N2O.ClH/c13-10-2-1-8(5-11(10)14)6-12(17)16-4-3-9(15)7-16;/h1-2,5,9H,3-4,6-7,15H2;1H. The van der Waals surface area contributed by atoms with Gasteiger partial charge in [-0.2, -0.15) is 0 Å². The molecule has 1 aromatic rings. The van der Waals surface area contributed by atoms with E-state index < -0.39 is 11.6 Å². The van der Waals surface area contributed by atoms with Crippen LogP contribution in [-0.4, -0.2) is 29.9 Å². The lowest BCUT2D eigenvalue weighted by Gasteiger charge is -2.15. The van der Waals surface area contributed by atoms with Gasteiger partial charge in [-0.1, -0.05) is 6.07 Å². The van der Waals surface area contributed by atoms with Crippen LogP contribution in [0.5, 0.6) is 0 Å². The van der Waals surface area contributed by atoms with Gasteiger partial charge in [-0.25, -0.2) is 8.78 Å². The molecule has 3 nitrogen and oxygen atoms in total. The summed E-state index contributed by atoms with van der Waals surface area (Å²) < 4.78 is 25.7. The van der Waals surface area contributed by atoms with Gasteiger partial charge in [0.2, 0.25) is 5.91 Å². The Morgan fingerprint density at radius 2 is 2.11 bits per heavy atom. The smallest absolute Gasteiger partial charge is 0.227 e. The normalized spacial score (nSPS) is 18.6. The third-order valence-electron chi connectivity index (χ3n) is 2.92. The van der Waals surface area contributed by atoms with E-state index in [4.69, 9.17) is 5.73 Å². The highest BCUT2D eigenvalue weighted by Crippen LogP contribution is 2.13. The molecule has 100 valence electrons. The average molecular weight is 277 g/mol. The summed E-state index contributed by atoms with van der Waals surface area (Å²) in [5.41, 5.74) is 6.18. The van der Waals surface area contributed by atoms with Gasteiger partial charge in [-0.05, 0) is 24.1 Å². The average Bonchev–Trinajstić information content (AvgIpc) is 2.70. The molecule has 1 fully saturated rings. The summed E-state index contributed by atoms with van der Waals surface area (Å²) in [6.45, 7) is 1.19. The molecule has 0 bridgehead atoms. The first kappa shape index (κ1) is 14.9. The minimum absolute atomic E-state index is 0. The molecule has 1 amide bonds. The Bertz CT molecular complexity index is 442. The van der Waals surface area contributed by atoms with Gasteiger partial charge in [-0.3, -0.25) is 4.79 Å². The van der Waals surface area contributed by atoms with Crippen molar-refractivity contribution >= 4 is 18.3 Å². The molecule has 18 heavy (non-hydrogen) atoms. The number of hydrogen-bond acceptors (Lipinski definition) is 2. The molecule has 2 rings (SSSR count). The van der Waals surface area contributed by atoms with E-state index >= 15 is 0 Å². The quantitative estimate of drug-likeness (QED) is 0.890. The number of carbonyl (C=O) groups is 1. The zero-order valence-electron chi connectivity index (χ0n) is 9.73. The Balaban J connectivity index is 0.00000162. The van der Waals surface area contributed by atoms with Crippen molar-refractivity contribution in [1.29, 1.82) is 0 Å². The number of likely N-dealkylation sites (tertiary alicyclic amines) is 1. The van der Waals surface area contributed by atoms with Crippen LogP contribution in [0.15, 0.2) is 18.2 Å². The molecule has 0 aliphatic carbocycles. The van der Waals surface area contributed by atoms with E-state index in [0.29, 0.717) is 18.7 Å². The zero-order valence-corrected chi connectivity index (χ0v) is 10.6. The number of rotatable bonds is 2. The van der Waals surface area contributed by atoms with Gasteiger partial charge in [0, 0.05) is 19.1 Å². The van der Waals surface area contributed by atoms with Crippen molar-refractivity contribution in [2.75, 3.05) is 13.1 Å². The van der Waals surface area contributed by atoms with Crippen LogP contribution in [0.3, 0.4) is 0 Å². The highest BCUT2D eigenvalue weighted by atomic mass is 35.5. The van der Waals surface area contributed by atoms with Crippen LogP contribution in [0.2, 0.25) is 0 Å². The third kappa shape index (κ3) is 3.40. The Kier molecular flexibility index (Phi) is 5.04. The number of amides is 1. The summed E-state index contributed by atoms with van der Waals surface area (Å²) in [4.78, 5) is 13.5. The largest absolute Gasteiger partial charge is 0.341 e. The van der Waals surface area contributed by atoms with Gasteiger partial charge >= 0.3 is 0 Å². The van der Waals surface area contributed by atoms with Crippen LogP contribution in [0.25, 0.3) is 0 Å². The number of nitrogens with zero attached hydrogens (tertiary/aromatic N) is 1. The Hall–Kier alpha value is -1.20. The highest BCUT2D eigenvalue weighted by molar-refractivity contribution is 5.85. The number of carbonyl (C=O) groups excluding carboxylic acids is 1. The van der Waals surface area contributed by atoms with Crippen LogP contribution in [-0.2, 0) is 11.2 Å². The Labute approximate surface area is 110 Å². The molecule has 0 aromatic heterocycles.